The van der Waals surface area contributed by atoms with Crippen LogP contribution in [0.15, 0.2) is 29.6 Å². The van der Waals surface area contributed by atoms with Crippen LogP contribution in [-0.2, 0) is 28.3 Å². The van der Waals surface area contributed by atoms with E-state index in [0.717, 1.165) is 4.68 Å². The number of rotatable bonds is 5. The fourth-order valence-electron chi connectivity index (χ4n) is 1.65. The third-order valence-electron chi connectivity index (χ3n) is 2.51. The molecule has 0 radical (unpaired) electrons. The molecule has 10 heteroatoms. The molecule has 112 valence electrons. The zero-order chi connectivity index (χ0) is 15.6. The van der Waals surface area contributed by atoms with Crippen molar-refractivity contribution in [1.82, 2.24) is 14.8 Å². The van der Waals surface area contributed by atoms with Crippen LogP contribution in [0.25, 0.3) is 0 Å². The Morgan fingerprint density at radius 1 is 1.43 bits per heavy atom. The van der Waals surface area contributed by atoms with E-state index in [1.165, 1.54) is 31.6 Å². The fourth-order valence-corrected chi connectivity index (χ4v) is 3.35. The summed E-state index contributed by atoms with van der Waals surface area (Å²) in [4.78, 5) is 14.4. The zero-order valence-corrected chi connectivity index (χ0v) is 12.4. The first-order valence-corrected chi connectivity index (χ1v) is 7.53. The first-order chi connectivity index (χ1) is 9.79. The third-order valence-corrected chi connectivity index (χ3v) is 4.39. The van der Waals surface area contributed by atoms with E-state index in [1.54, 1.807) is 0 Å². The van der Waals surface area contributed by atoms with Gasteiger partial charge in [0.05, 0.1) is 35.2 Å². The Labute approximate surface area is 125 Å². The van der Waals surface area contributed by atoms with E-state index in [2.05, 4.69) is 14.8 Å². The topological polar surface area (TPSA) is 114 Å². The van der Waals surface area contributed by atoms with Gasteiger partial charge >= 0.3 is 5.97 Å². The molecule has 0 unspecified atom stereocenters. The van der Waals surface area contributed by atoms with Crippen molar-refractivity contribution in [3.05, 3.63) is 35.2 Å². The van der Waals surface area contributed by atoms with E-state index in [-0.39, 0.29) is 22.2 Å². The predicted molar refractivity (Wildman–Crippen MR) is 74.6 cm³/mol. The van der Waals surface area contributed by atoms with Gasteiger partial charge in [-0.25, -0.2) is 0 Å². The summed E-state index contributed by atoms with van der Waals surface area (Å²) in [5.74, 6) is -1.02. The largest absolute Gasteiger partial charge is 0.481 e. The predicted octanol–water partition coefficient (Wildman–Crippen LogP) is 0.896. The number of aliphatic carboxylic acids is 1. The monoisotopic (exact) mass is 330 g/mol. The van der Waals surface area contributed by atoms with Gasteiger partial charge in [0.1, 0.15) is 0 Å². The quantitative estimate of drug-likeness (QED) is 0.841. The van der Waals surface area contributed by atoms with E-state index in [4.69, 9.17) is 16.7 Å². The van der Waals surface area contributed by atoms with E-state index in [9.17, 15) is 13.2 Å². The van der Waals surface area contributed by atoms with Crippen LogP contribution in [-0.4, -0.2) is 34.3 Å². The maximum atomic E-state index is 12.2. The molecule has 2 aromatic heterocycles. The minimum Gasteiger partial charge on any atom is -0.481 e. The van der Waals surface area contributed by atoms with Gasteiger partial charge < -0.3 is 5.11 Å². The van der Waals surface area contributed by atoms with Crippen LogP contribution in [0.4, 0.5) is 5.69 Å². The van der Waals surface area contributed by atoms with Crippen LogP contribution in [0.1, 0.15) is 5.69 Å². The number of carboxylic acids is 1. The molecule has 0 aliphatic heterocycles. The van der Waals surface area contributed by atoms with Crippen molar-refractivity contribution in [3.8, 4) is 0 Å². The first kappa shape index (κ1) is 15.3. The molecule has 0 bridgehead atoms. The van der Waals surface area contributed by atoms with E-state index in [1.807, 2.05) is 0 Å². The highest BCUT2D eigenvalue weighted by molar-refractivity contribution is 7.92. The molecule has 0 spiro atoms. The highest BCUT2D eigenvalue weighted by Gasteiger charge is 2.22. The summed E-state index contributed by atoms with van der Waals surface area (Å²) in [7, 11) is -2.45. The molecule has 2 N–H and O–H groups in total. The molecule has 0 aliphatic rings. The van der Waals surface area contributed by atoms with Crippen LogP contribution < -0.4 is 4.72 Å². The van der Waals surface area contributed by atoms with Gasteiger partial charge in [0.15, 0.2) is 5.03 Å². The van der Waals surface area contributed by atoms with Crippen LogP contribution in [0.2, 0.25) is 5.02 Å². The van der Waals surface area contributed by atoms with Crippen LogP contribution in [0.3, 0.4) is 0 Å². The van der Waals surface area contributed by atoms with Crippen LogP contribution >= 0.6 is 11.6 Å². The van der Waals surface area contributed by atoms with Crippen LogP contribution in [0.5, 0.6) is 0 Å². The van der Waals surface area contributed by atoms with Gasteiger partial charge in [0.25, 0.3) is 10.0 Å². The molecule has 2 heterocycles. The molecule has 0 saturated carbocycles. The second-order valence-electron chi connectivity index (χ2n) is 4.14. The summed E-state index contributed by atoms with van der Waals surface area (Å²) in [5.41, 5.74) is 0.519. The number of hydrogen-bond acceptors (Lipinski definition) is 5. The molecule has 8 nitrogen and oxygen atoms in total. The van der Waals surface area contributed by atoms with Gasteiger partial charge in [0.2, 0.25) is 0 Å². The molecule has 2 aromatic rings. The number of nitrogens with zero attached hydrogens (tertiary/aromatic N) is 3. The summed E-state index contributed by atoms with van der Waals surface area (Å²) in [6.45, 7) is 0. The van der Waals surface area contributed by atoms with Crippen LogP contribution in [0, 0.1) is 0 Å². The van der Waals surface area contributed by atoms with Crippen molar-refractivity contribution >= 4 is 33.3 Å². The molecule has 0 aliphatic carbocycles. The van der Waals surface area contributed by atoms with Gasteiger partial charge in [-0.3, -0.25) is 19.2 Å². The van der Waals surface area contributed by atoms with Gasteiger partial charge in [-0.2, -0.15) is 13.5 Å². The van der Waals surface area contributed by atoms with Gasteiger partial charge in [-0.05, 0) is 12.1 Å². The molecule has 0 fully saturated rings. The van der Waals surface area contributed by atoms with Gasteiger partial charge in [-0.1, -0.05) is 11.6 Å². The first-order valence-electron chi connectivity index (χ1n) is 5.66. The normalized spacial score (nSPS) is 11.3. The summed E-state index contributed by atoms with van der Waals surface area (Å²) in [6.07, 6.45) is 2.23. The van der Waals surface area contributed by atoms with Gasteiger partial charge in [-0.15, -0.1) is 0 Å². The Balaban J connectivity index is 2.23. The Hall–Kier alpha value is -2.13. The standard InChI is InChI=1S/C11H11ClN4O4S/c1-16-11(9(12)6-14-16)21(19,20)15-8-3-2-7(13-5-8)4-10(17)18/h2-3,5-6,15H,4H2,1H3,(H,17,18). The second kappa shape index (κ2) is 5.70. The molecular formula is C11H11ClN4O4S. The lowest BCUT2D eigenvalue weighted by atomic mass is 10.3. The summed E-state index contributed by atoms with van der Waals surface area (Å²) in [5, 5.41) is 12.2. The molecule has 0 atom stereocenters. The molecule has 0 aromatic carbocycles. The number of aryl methyl sites for hydroxylation is 1. The number of sulfonamides is 1. The molecular weight excluding hydrogens is 320 g/mol. The lowest BCUT2D eigenvalue weighted by Gasteiger charge is -2.08. The average Bonchev–Trinajstić information content (AvgIpc) is 2.71. The minimum atomic E-state index is -3.91. The average molecular weight is 331 g/mol. The Bertz CT molecular complexity index is 751. The summed E-state index contributed by atoms with van der Waals surface area (Å²) >= 11 is 5.79. The summed E-state index contributed by atoms with van der Waals surface area (Å²) in [6, 6.07) is 2.85. The maximum absolute atomic E-state index is 12.2. The fraction of sp³-hybridized carbons (Fsp3) is 0.182. The number of anilines is 1. The molecule has 0 amide bonds. The minimum absolute atomic E-state index is 0.000423. The van der Waals surface area contributed by atoms with E-state index < -0.39 is 16.0 Å². The number of halogens is 1. The molecule has 2 rings (SSSR count). The van der Waals surface area contributed by atoms with E-state index in [0.29, 0.717) is 5.69 Å². The number of carboxylic acid groups (broad SMARTS) is 1. The smallest absolute Gasteiger partial charge is 0.309 e. The lowest BCUT2D eigenvalue weighted by Crippen LogP contribution is -2.17. The number of pyridine rings is 1. The zero-order valence-electron chi connectivity index (χ0n) is 10.8. The Morgan fingerprint density at radius 2 is 2.14 bits per heavy atom. The molecule has 21 heavy (non-hydrogen) atoms. The number of carbonyl (C=O) groups is 1. The van der Waals surface area contributed by atoms with E-state index >= 15 is 0 Å². The number of nitrogens with one attached hydrogen (secondary N) is 1. The maximum Gasteiger partial charge on any atom is 0.309 e. The van der Waals surface area contributed by atoms with Gasteiger partial charge in [0, 0.05) is 7.05 Å². The van der Waals surface area contributed by atoms with Crippen molar-refractivity contribution in [2.45, 2.75) is 11.4 Å². The Morgan fingerprint density at radius 3 is 2.62 bits per heavy atom. The number of hydrogen-bond donors (Lipinski definition) is 2. The molecule has 0 saturated heterocycles. The van der Waals surface area contributed by atoms with Crippen molar-refractivity contribution in [3.63, 3.8) is 0 Å². The third kappa shape index (κ3) is 3.50. The second-order valence-corrected chi connectivity index (χ2v) is 6.14. The lowest BCUT2D eigenvalue weighted by molar-refractivity contribution is -0.136. The van der Waals surface area contributed by atoms with Crippen molar-refractivity contribution in [2.75, 3.05) is 4.72 Å². The SMILES string of the molecule is Cn1ncc(Cl)c1S(=O)(=O)Nc1ccc(CC(=O)O)nc1. The Kier molecular flexibility index (Phi) is 4.14. The van der Waals surface area contributed by atoms with Crippen molar-refractivity contribution in [2.24, 2.45) is 7.05 Å². The van der Waals surface area contributed by atoms with Crippen molar-refractivity contribution in [1.29, 1.82) is 0 Å². The highest BCUT2D eigenvalue weighted by Crippen LogP contribution is 2.22. The number of aromatic nitrogens is 3. The highest BCUT2D eigenvalue weighted by atomic mass is 35.5. The van der Waals surface area contributed by atoms with Crippen molar-refractivity contribution < 1.29 is 18.3 Å². The summed E-state index contributed by atoms with van der Waals surface area (Å²) < 4.78 is 27.8.